The Hall–Kier alpha value is -0.820. The first-order valence-corrected chi connectivity index (χ1v) is 7.83. The molecule has 1 saturated carbocycles. The van der Waals surface area contributed by atoms with Gasteiger partial charge in [0.15, 0.2) is 0 Å². The van der Waals surface area contributed by atoms with Gasteiger partial charge in [0, 0.05) is 8.59 Å². The number of hydrogen-bond donors (Lipinski definition) is 2. The third-order valence-corrected chi connectivity index (χ3v) is 4.77. The quantitative estimate of drug-likeness (QED) is 0.752. The van der Waals surface area contributed by atoms with E-state index in [0.717, 1.165) is 3.57 Å². The molecule has 0 spiro atoms. The van der Waals surface area contributed by atoms with Gasteiger partial charge in [0.25, 0.3) is 0 Å². The van der Waals surface area contributed by atoms with Crippen LogP contribution < -0.4 is 5.32 Å². The Balaban J connectivity index is 2.13. The van der Waals surface area contributed by atoms with Crippen molar-refractivity contribution in [2.75, 3.05) is 5.32 Å². The van der Waals surface area contributed by atoms with Gasteiger partial charge in [-0.1, -0.05) is 18.5 Å². The molecule has 1 aliphatic carbocycles. The average molecular weight is 408 g/mol. The molecule has 0 heterocycles. The molecule has 1 fully saturated rings. The van der Waals surface area contributed by atoms with Gasteiger partial charge in [0.1, 0.15) is 0 Å². The van der Waals surface area contributed by atoms with Crippen LogP contribution >= 0.6 is 34.2 Å². The maximum absolute atomic E-state index is 12.3. The highest BCUT2D eigenvalue weighted by Gasteiger charge is 2.41. The number of carboxylic acids is 1. The molecular weight excluding hydrogens is 393 g/mol. The second-order valence-corrected chi connectivity index (χ2v) is 6.84. The highest BCUT2D eigenvalue weighted by atomic mass is 127. The van der Waals surface area contributed by atoms with Gasteiger partial charge in [0.05, 0.1) is 17.5 Å². The maximum atomic E-state index is 12.3. The van der Waals surface area contributed by atoms with Crippen LogP contribution in [-0.2, 0) is 9.59 Å². The van der Waals surface area contributed by atoms with E-state index >= 15 is 0 Å². The summed E-state index contributed by atoms with van der Waals surface area (Å²) in [5, 5.41) is 12.6. The lowest BCUT2D eigenvalue weighted by Crippen LogP contribution is -2.30. The fraction of sp³-hybridized carbons (Fsp3) is 0.429. The summed E-state index contributed by atoms with van der Waals surface area (Å²) in [6.45, 7) is 1.98. The summed E-state index contributed by atoms with van der Waals surface area (Å²) in [7, 11) is 0. The third kappa shape index (κ3) is 3.44. The van der Waals surface area contributed by atoms with Gasteiger partial charge < -0.3 is 10.4 Å². The second kappa shape index (κ2) is 6.30. The number of benzene rings is 1. The molecule has 1 amide bonds. The predicted octanol–water partition coefficient (Wildman–Crippen LogP) is 3.63. The van der Waals surface area contributed by atoms with Crippen LogP contribution in [0, 0.1) is 21.3 Å². The van der Waals surface area contributed by atoms with Crippen LogP contribution in [0.15, 0.2) is 18.2 Å². The van der Waals surface area contributed by atoms with E-state index in [0.29, 0.717) is 23.6 Å². The van der Waals surface area contributed by atoms with Crippen LogP contribution in [0.3, 0.4) is 0 Å². The molecule has 1 aromatic carbocycles. The van der Waals surface area contributed by atoms with Crippen LogP contribution in [0.4, 0.5) is 5.69 Å². The topological polar surface area (TPSA) is 66.4 Å². The first kappa shape index (κ1) is 15.6. The Kier molecular flexibility index (Phi) is 4.90. The number of carbonyl (C=O) groups excluding carboxylic acids is 1. The largest absolute Gasteiger partial charge is 0.481 e. The Labute approximate surface area is 136 Å². The van der Waals surface area contributed by atoms with Gasteiger partial charge in [-0.25, -0.2) is 0 Å². The molecule has 4 nitrogen and oxygen atoms in total. The summed E-state index contributed by atoms with van der Waals surface area (Å²) in [4.78, 5) is 23.5. The molecule has 0 saturated heterocycles. The Morgan fingerprint density at radius 1 is 1.35 bits per heavy atom. The summed E-state index contributed by atoms with van der Waals surface area (Å²) < 4.78 is 0.835. The molecule has 6 heteroatoms. The Morgan fingerprint density at radius 3 is 2.60 bits per heavy atom. The number of nitrogens with one attached hydrogen (secondary N) is 1. The van der Waals surface area contributed by atoms with Crippen LogP contribution in [0.5, 0.6) is 0 Å². The molecule has 0 aliphatic heterocycles. The standard InChI is InChI=1S/C14H15ClINO3/c1-7-4-9(10(5-7)14(19)20)13(18)17-12-3-2-8(15)6-11(12)16/h2-3,6-7,9-10H,4-5H2,1H3,(H,17,18)(H,19,20)/t7?,9-,10+/m0/s1. The van der Waals surface area contributed by atoms with Crippen LogP contribution in [0.2, 0.25) is 5.02 Å². The molecule has 2 rings (SSSR count). The third-order valence-electron chi connectivity index (χ3n) is 3.64. The first-order chi connectivity index (χ1) is 9.38. The van der Waals surface area contributed by atoms with Gasteiger partial charge in [-0.15, -0.1) is 0 Å². The molecule has 1 unspecified atom stereocenters. The maximum Gasteiger partial charge on any atom is 0.307 e. The molecule has 1 aliphatic rings. The highest BCUT2D eigenvalue weighted by molar-refractivity contribution is 14.1. The normalized spacial score (nSPS) is 25.4. The number of amides is 1. The lowest BCUT2D eigenvalue weighted by Gasteiger charge is -2.16. The Morgan fingerprint density at radius 2 is 2.00 bits per heavy atom. The highest BCUT2D eigenvalue weighted by Crippen LogP contribution is 2.37. The summed E-state index contributed by atoms with van der Waals surface area (Å²) in [5.74, 6) is -1.90. The van der Waals surface area contributed by atoms with Gasteiger partial charge in [-0.3, -0.25) is 9.59 Å². The van der Waals surface area contributed by atoms with E-state index in [1.165, 1.54) is 0 Å². The second-order valence-electron chi connectivity index (χ2n) is 5.24. The van der Waals surface area contributed by atoms with E-state index in [9.17, 15) is 14.7 Å². The molecule has 1 aromatic rings. The number of anilines is 1. The summed E-state index contributed by atoms with van der Waals surface area (Å²) in [6, 6.07) is 5.19. The summed E-state index contributed by atoms with van der Waals surface area (Å²) in [6.07, 6.45) is 1.18. The molecule has 0 bridgehead atoms. The monoisotopic (exact) mass is 407 g/mol. The zero-order chi connectivity index (χ0) is 14.9. The number of aliphatic carboxylic acids is 1. The van der Waals surface area contributed by atoms with E-state index in [1.807, 2.05) is 6.92 Å². The van der Waals surface area contributed by atoms with Crippen molar-refractivity contribution in [1.82, 2.24) is 0 Å². The van der Waals surface area contributed by atoms with Crippen molar-refractivity contribution in [2.45, 2.75) is 19.8 Å². The fourth-order valence-corrected chi connectivity index (χ4v) is 3.68. The minimum absolute atomic E-state index is 0.220. The molecule has 3 atom stereocenters. The van der Waals surface area contributed by atoms with Crippen molar-refractivity contribution >= 4 is 51.8 Å². The van der Waals surface area contributed by atoms with E-state index in [2.05, 4.69) is 27.9 Å². The summed E-state index contributed by atoms with van der Waals surface area (Å²) in [5.41, 5.74) is 0.670. The smallest absolute Gasteiger partial charge is 0.307 e. The molecule has 0 aromatic heterocycles. The minimum atomic E-state index is -0.889. The molecule has 108 valence electrons. The van der Waals surface area contributed by atoms with E-state index in [-0.39, 0.29) is 11.8 Å². The van der Waals surface area contributed by atoms with Crippen LogP contribution in [0.1, 0.15) is 19.8 Å². The van der Waals surface area contributed by atoms with Gasteiger partial charge in [0.2, 0.25) is 5.91 Å². The zero-order valence-electron chi connectivity index (χ0n) is 10.9. The number of rotatable bonds is 3. The van der Waals surface area contributed by atoms with Crippen molar-refractivity contribution in [3.63, 3.8) is 0 Å². The lowest BCUT2D eigenvalue weighted by atomic mass is 9.95. The summed E-state index contributed by atoms with van der Waals surface area (Å²) >= 11 is 7.96. The Bertz CT molecular complexity index is 549. The van der Waals surface area contributed by atoms with Gasteiger partial charge in [-0.05, 0) is 59.5 Å². The van der Waals surface area contributed by atoms with Crippen molar-refractivity contribution in [3.05, 3.63) is 26.8 Å². The predicted molar refractivity (Wildman–Crippen MR) is 85.8 cm³/mol. The van der Waals surface area contributed by atoms with Crippen molar-refractivity contribution in [2.24, 2.45) is 17.8 Å². The number of halogens is 2. The van der Waals surface area contributed by atoms with Gasteiger partial charge in [-0.2, -0.15) is 0 Å². The minimum Gasteiger partial charge on any atom is -0.481 e. The van der Waals surface area contributed by atoms with Crippen LogP contribution in [0.25, 0.3) is 0 Å². The van der Waals surface area contributed by atoms with Gasteiger partial charge >= 0.3 is 5.97 Å². The van der Waals surface area contributed by atoms with Crippen LogP contribution in [-0.4, -0.2) is 17.0 Å². The first-order valence-electron chi connectivity index (χ1n) is 6.37. The molecule has 0 radical (unpaired) electrons. The van der Waals surface area contributed by atoms with E-state index in [1.54, 1.807) is 18.2 Å². The van der Waals surface area contributed by atoms with Crippen molar-refractivity contribution in [1.29, 1.82) is 0 Å². The zero-order valence-corrected chi connectivity index (χ0v) is 13.8. The van der Waals surface area contributed by atoms with E-state index < -0.39 is 17.8 Å². The number of carbonyl (C=O) groups is 2. The number of hydrogen-bond acceptors (Lipinski definition) is 2. The van der Waals surface area contributed by atoms with Crippen molar-refractivity contribution in [3.8, 4) is 0 Å². The SMILES string of the molecule is CC1C[C@H](C(=O)Nc2ccc(Cl)cc2I)[C@H](C(=O)O)C1. The van der Waals surface area contributed by atoms with E-state index in [4.69, 9.17) is 11.6 Å². The average Bonchev–Trinajstić information content (AvgIpc) is 2.75. The molecule has 20 heavy (non-hydrogen) atoms. The fourth-order valence-electron chi connectivity index (χ4n) is 2.67. The lowest BCUT2D eigenvalue weighted by molar-refractivity contribution is -0.145. The molecule has 2 N–H and O–H groups in total. The van der Waals surface area contributed by atoms with Crippen molar-refractivity contribution < 1.29 is 14.7 Å². The molecular formula is C14H15ClINO3. The number of carboxylic acid groups (broad SMARTS) is 1.